The molecule has 1 aromatic heterocycles. The third-order valence-corrected chi connectivity index (χ3v) is 1.63. The zero-order valence-corrected chi connectivity index (χ0v) is 8.08. The topological polar surface area (TPSA) is 97.4 Å². The molecule has 2 aromatic rings. The van der Waals surface area contributed by atoms with E-state index in [1.807, 2.05) is 0 Å². The molecule has 0 aliphatic carbocycles. The zero-order chi connectivity index (χ0) is 9.42. The van der Waals surface area contributed by atoms with Crippen molar-refractivity contribution >= 4 is 17.0 Å². The summed E-state index contributed by atoms with van der Waals surface area (Å²) in [5.74, 6) is -1.54. The molecule has 14 heavy (non-hydrogen) atoms. The summed E-state index contributed by atoms with van der Waals surface area (Å²) in [6, 6.07) is 2.45. The number of nitrogens with zero attached hydrogens (tertiary/aromatic N) is 3. The van der Waals surface area contributed by atoms with Gasteiger partial charge in [0.05, 0.1) is 0 Å². The van der Waals surface area contributed by atoms with Crippen LogP contribution in [0.1, 0.15) is 10.4 Å². The van der Waals surface area contributed by atoms with Crippen molar-refractivity contribution in [2.75, 3.05) is 0 Å². The Morgan fingerprint density at radius 2 is 2.14 bits per heavy atom. The molecule has 2 N–H and O–H groups in total. The maximum atomic E-state index is 10.6. The van der Waals surface area contributed by atoms with E-state index < -0.39 is 5.97 Å². The van der Waals surface area contributed by atoms with E-state index in [1.54, 1.807) is 0 Å². The van der Waals surface area contributed by atoms with Crippen molar-refractivity contribution < 1.29 is 37.4 Å². The Morgan fingerprint density at radius 3 is 2.79 bits per heavy atom. The van der Waals surface area contributed by atoms with Gasteiger partial charge in [-0.3, -0.25) is 5.21 Å². The summed E-state index contributed by atoms with van der Waals surface area (Å²) in [7, 11) is 0. The minimum absolute atomic E-state index is 0. The van der Waals surface area contributed by atoms with Gasteiger partial charge in [-0.2, -0.15) is 0 Å². The van der Waals surface area contributed by atoms with Crippen molar-refractivity contribution in [3.05, 3.63) is 17.7 Å². The quantitative estimate of drug-likeness (QED) is 0.715. The Hall–Kier alpha value is -1.37. The fourth-order valence-corrected chi connectivity index (χ4v) is 1.02. The van der Waals surface area contributed by atoms with Crippen LogP contribution in [0.15, 0.2) is 12.1 Å². The molecule has 0 aliphatic rings. The Kier molecular flexibility index (Phi) is 2.90. The molecule has 1 heterocycles. The van der Waals surface area contributed by atoms with E-state index in [-0.39, 0.29) is 33.7 Å². The van der Waals surface area contributed by atoms with E-state index in [0.717, 1.165) is 0 Å². The summed E-state index contributed by atoms with van der Waals surface area (Å²) in [6.07, 6.45) is 0. The largest absolute Gasteiger partial charge is 1.00 e. The van der Waals surface area contributed by atoms with Gasteiger partial charge >= 0.3 is 28.3 Å². The van der Waals surface area contributed by atoms with E-state index in [4.69, 9.17) is 5.11 Å². The SMILES string of the molecule is O=C(O)c1cc2nn[n-]c2cc1O.[Ag+]. The van der Waals surface area contributed by atoms with Crippen molar-refractivity contribution in [1.82, 2.24) is 15.4 Å². The molecule has 76 valence electrons. The molecule has 6 nitrogen and oxygen atoms in total. The summed E-state index contributed by atoms with van der Waals surface area (Å²) in [5, 5.41) is 28.3. The van der Waals surface area contributed by atoms with Crippen LogP contribution in [0.5, 0.6) is 5.75 Å². The molecule has 7 heteroatoms. The van der Waals surface area contributed by atoms with E-state index in [0.29, 0.717) is 11.0 Å². The van der Waals surface area contributed by atoms with Crippen LogP contribution in [0, 0.1) is 0 Å². The predicted octanol–water partition coefficient (Wildman–Crippen LogP) is -0.0117. The molecule has 0 radical (unpaired) electrons. The number of benzene rings is 1. The number of phenols is 1. The first-order chi connectivity index (χ1) is 6.18. The minimum Gasteiger partial charge on any atom is -0.507 e. The maximum absolute atomic E-state index is 10.6. The number of carboxylic acids is 1. The van der Waals surface area contributed by atoms with E-state index in [1.165, 1.54) is 12.1 Å². The van der Waals surface area contributed by atoms with Gasteiger partial charge in [-0.1, -0.05) is 0 Å². The Balaban J connectivity index is 0.000000980. The second-order valence-electron chi connectivity index (χ2n) is 2.45. The van der Waals surface area contributed by atoms with E-state index in [2.05, 4.69) is 15.4 Å². The Morgan fingerprint density at radius 1 is 1.43 bits per heavy atom. The molecule has 0 aliphatic heterocycles. The number of carbonyl (C=O) groups is 1. The van der Waals surface area contributed by atoms with Gasteiger partial charge in [-0.15, -0.1) is 0 Å². The van der Waals surface area contributed by atoms with Crippen molar-refractivity contribution in [2.24, 2.45) is 0 Å². The molecule has 0 bridgehead atoms. The van der Waals surface area contributed by atoms with Gasteiger partial charge in [0.25, 0.3) is 0 Å². The van der Waals surface area contributed by atoms with Gasteiger partial charge in [0.15, 0.2) is 0 Å². The number of rotatable bonds is 1. The summed E-state index contributed by atoms with van der Waals surface area (Å²) in [6.45, 7) is 0. The van der Waals surface area contributed by atoms with Crippen molar-refractivity contribution in [3.8, 4) is 5.75 Å². The van der Waals surface area contributed by atoms with Crippen molar-refractivity contribution in [3.63, 3.8) is 0 Å². The van der Waals surface area contributed by atoms with E-state index >= 15 is 0 Å². The van der Waals surface area contributed by atoms with Crippen LogP contribution in [0.2, 0.25) is 0 Å². The van der Waals surface area contributed by atoms with Crippen LogP contribution in [0.25, 0.3) is 11.0 Å². The van der Waals surface area contributed by atoms with Gasteiger partial charge in [0, 0.05) is 0 Å². The summed E-state index contributed by atoms with van der Waals surface area (Å²) in [4.78, 5) is 10.6. The molecule has 0 saturated carbocycles. The molecule has 1 aromatic carbocycles. The maximum Gasteiger partial charge on any atom is 1.00 e. The minimum atomic E-state index is -1.21. The first kappa shape index (κ1) is 10.7. The van der Waals surface area contributed by atoms with Crippen LogP contribution in [0.4, 0.5) is 0 Å². The molecule has 0 spiro atoms. The monoisotopic (exact) mass is 285 g/mol. The number of hydrogen-bond donors (Lipinski definition) is 2. The first-order valence-electron chi connectivity index (χ1n) is 3.40. The third kappa shape index (κ3) is 1.63. The second kappa shape index (κ2) is 3.79. The fourth-order valence-electron chi connectivity index (χ4n) is 1.02. The molecule has 0 atom stereocenters. The van der Waals surface area contributed by atoms with Crippen LogP contribution < -0.4 is 5.10 Å². The van der Waals surface area contributed by atoms with Gasteiger partial charge in [0.2, 0.25) is 0 Å². The number of aromatic nitrogens is 3. The molecule has 0 saturated heterocycles. The predicted molar refractivity (Wildman–Crippen MR) is 41.5 cm³/mol. The smallest absolute Gasteiger partial charge is 0.507 e. The number of aromatic hydroxyl groups is 1. The summed E-state index contributed by atoms with van der Waals surface area (Å²) < 4.78 is 0. The van der Waals surface area contributed by atoms with Crippen LogP contribution in [-0.4, -0.2) is 26.5 Å². The van der Waals surface area contributed by atoms with Gasteiger partial charge in [-0.25, -0.2) is 4.79 Å². The second-order valence-corrected chi connectivity index (χ2v) is 2.45. The molecule has 0 unspecified atom stereocenters. The number of hydrogen-bond acceptors (Lipinski definition) is 4. The van der Waals surface area contributed by atoms with Gasteiger partial charge < -0.3 is 20.4 Å². The average Bonchev–Trinajstić information content (AvgIpc) is 2.48. The Labute approximate surface area is 93.4 Å². The molecule has 0 fully saturated rings. The molecular formula is C7H4AgN3O3. The Bertz CT molecular complexity index is 482. The summed E-state index contributed by atoms with van der Waals surface area (Å²) >= 11 is 0. The number of fused-ring (bicyclic) bond motifs is 1. The molecular weight excluding hydrogens is 282 g/mol. The van der Waals surface area contributed by atoms with E-state index in [9.17, 15) is 9.90 Å². The van der Waals surface area contributed by atoms with Gasteiger partial charge in [0.1, 0.15) is 11.3 Å². The van der Waals surface area contributed by atoms with Crippen LogP contribution in [-0.2, 0) is 22.4 Å². The molecule has 0 amide bonds. The number of carboxylic acid groups (broad SMARTS) is 1. The van der Waals surface area contributed by atoms with Crippen LogP contribution >= 0.6 is 0 Å². The fraction of sp³-hybridized carbons (Fsp3) is 0. The third-order valence-electron chi connectivity index (χ3n) is 1.63. The molecule has 2 rings (SSSR count). The number of aromatic carboxylic acids is 1. The average molecular weight is 286 g/mol. The first-order valence-corrected chi connectivity index (χ1v) is 3.40. The normalized spacial score (nSPS) is 9.71. The van der Waals surface area contributed by atoms with Crippen LogP contribution in [0.3, 0.4) is 0 Å². The summed E-state index contributed by atoms with van der Waals surface area (Å²) in [5.41, 5.74) is 0.535. The standard InChI is InChI=1S/C7H5N3O3.Ag/c11-6-2-5-4(8-10-9-5)1-3(6)7(12)13;/h1-2H,(H3,8,9,10,11,12,13);/q;+1/p-1. The zero-order valence-electron chi connectivity index (χ0n) is 6.60. The van der Waals surface area contributed by atoms with Gasteiger partial charge in [-0.05, 0) is 23.2 Å². The van der Waals surface area contributed by atoms with Crippen molar-refractivity contribution in [2.45, 2.75) is 0 Å². The van der Waals surface area contributed by atoms with Crippen molar-refractivity contribution in [1.29, 1.82) is 0 Å².